The minimum Gasteiger partial charge on any atom is -0.376 e. The Balaban J connectivity index is 2.07. The molecule has 2 nitrogen and oxygen atoms in total. The monoisotopic (exact) mass is 205 g/mol. The second kappa shape index (κ2) is 4.77. The summed E-state index contributed by atoms with van der Waals surface area (Å²) in [4.78, 5) is 0. The van der Waals surface area contributed by atoms with E-state index in [2.05, 4.69) is 12.1 Å². The third-order valence-electron chi connectivity index (χ3n) is 2.98. The molecular formula is C13H19NO. The molecule has 1 aliphatic rings. The number of ether oxygens (including phenoxy) is 1. The lowest BCUT2D eigenvalue weighted by Gasteiger charge is -2.23. The number of benzene rings is 1. The van der Waals surface area contributed by atoms with Gasteiger partial charge in [-0.25, -0.2) is 0 Å². The Morgan fingerprint density at radius 2 is 2.00 bits per heavy atom. The van der Waals surface area contributed by atoms with Gasteiger partial charge in [0.2, 0.25) is 0 Å². The van der Waals surface area contributed by atoms with E-state index < -0.39 is 0 Å². The highest BCUT2D eigenvalue weighted by molar-refractivity contribution is 5.20. The maximum Gasteiger partial charge on any atom is 0.0795 e. The molecule has 2 atom stereocenters. The average molecular weight is 205 g/mol. The maximum absolute atomic E-state index is 6.24. The van der Waals surface area contributed by atoms with Crippen molar-refractivity contribution in [3.8, 4) is 0 Å². The first-order chi connectivity index (χ1) is 7.33. The van der Waals surface area contributed by atoms with Gasteiger partial charge in [-0.2, -0.15) is 0 Å². The van der Waals surface area contributed by atoms with Crippen molar-refractivity contribution < 1.29 is 4.74 Å². The fraction of sp³-hybridized carbons (Fsp3) is 0.538. The first kappa shape index (κ1) is 10.7. The van der Waals surface area contributed by atoms with E-state index in [9.17, 15) is 0 Å². The highest BCUT2D eigenvalue weighted by atomic mass is 16.5. The molecule has 0 heterocycles. The van der Waals surface area contributed by atoms with E-state index in [4.69, 9.17) is 10.5 Å². The van der Waals surface area contributed by atoms with Crippen LogP contribution in [0.15, 0.2) is 30.3 Å². The molecule has 1 aromatic carbocycles. The molecule has 0 bridgehead atoms. The summed E-state index contributed by atoms with van der Waals surface area (Å²) in [5.41, 5.74) is 7.42. The minimum atomic E-state index is 0.0265. The van der Waals surface area contributed by atoms with Gasteiger partial charge in [0.25, 0.3) is 0 Å². The molecule has 2 rings (SSSR count). The predicted molar refractivity (Wildman–Crippen MR) is 61.5 cm³/mol. The summed E-state index contributed by atoms with van der Waals surface area (Å²) in [7, 11) is 0. The first-order valence-electron chi connectivity index (χ1n) is 5.75. The molecule has 15 heavy (non-hydrogen) atoms. The fourth-order valence-electron chi connectivity index (χ4n) is 2.02. The van der Waals surface area contributed by atoms with Gasteiger partial charge in [-0.1, -0.05) is 30.3 Å². The highest BCUT2D eigenvalue weighted by Gasteiger charge is 2.36. The molecule has 1 aliphatic carbocycles. The SMILES string of the molecule is CCOC(C1CC1)C(N)c1ccccc1. The summed E-state index contributed by atoms with van der Waals surface area (Å²) in [5.74, 6) is 0.681. The standard InChI is InChI=1S/C13H19NO/c1-2-15-13(11-8-9-11)12(14)10-6-4-3-5-7-10/h3-7,11-13H,2,8-9,14H2,1H3. The van der Waals surface area contributed by atoms with Crippen LogP contribution in [0.2, 0.25) is 0 Å². The van der Waals surface area contributed by atoms with Crippen molar-refractivity contribution in [2.45, 2.75) is 31.9 Å². The molecule has 1 aromatic rings. The summed E-state index contributed by atoms with van der Waals surface area (Å²) < 4.78 is 5.76. The lowest BCUT2D eigenvalue weighted by Crippen LogP contribution is -2.30. The van der Waals surface area contributed by atoms with Gasteiger partial charge in [-0.05, 0) is 31.2 Å². The average Bonchev–Trinajstić information content (AvgIpc) is 3.10. The maximum atomic E-state index is 6.24. The van der Waals surface area contributed by atoms with Crippen molar-refractivity contribution in [3.63, 3.8) is 0 Å². The van der Waals surface area contributed by atoms with Crippen LogP contribution < -0.4 is 5.73 Å². The normalized spacial score (nSPS) is 19.9. The van der Waals surface area contributed by atoms with E-state index in [-0.39, 0.29) is 12.1 Å². The summed E-state index contributed by atoms with van der Waals surface area (Å²) in [6.07, 6.45) is 2.74. The van der Waals surface area contributed by atoms with Crippen LogP contribution in [0.1, 0.15) is 31.4 Å². The molecule has 2 heteroatoms. The Hall–Kier alpha value is -0.860. The Bertz CT molecular complexity index is 295. The Kier molecular flexibility index (Phi) is 3.39. The smallest absolute Gasteiger partial charge is 0.0795 e. The van der Waals surface area contributed by atoms with E-state index >= 15 is 0 Å². The predicted octanol–water partition coefficient (Wildman–Crippen LogP) is 2.50. The van der Waals surface area contributed by atoms with E-state index in [0.717, 1.165) is 6.61 Å². The van der Waals surface area contributed by atoms with E-state index in [0.29, 0.717) is 5.92 Å². The van der Waals surface area contributed by atoms with Crippen molar-refractivity contribution in [2.75, 3.05) is 6.61 Å². The lowest BCUT2D eigenvalue weighted by atomic mass is 9.99. The van der Waals surface area contributed by atoms with Gasteiger partial charge in [0.15, 0.2) is 0 Å². The molecule has 2 unspecified atom stereocenters. The van der Waals surface area contributed by atoms with Gasteiger partial charge >= 0.3 is 0 Å². The summed E-state index contributed by atoms with van der Waals surface area (Å²) >= 11 is 0. The molecule has 0 aliphatic heterocycles. The molecule has 82 valence electrons. The molecule has 0 amide bonds. The Morgan fingerprint density at radius 1 is 1.33 bits per heavy atom. The van der Waals surface area contributed by atoms with E-state index in [1.54, 1.807) is 0 Å². The molecule has 0 spiro atoms. The zero-order valence-electron chi connectivity index (χ0n) is 9.23. The largest absolute Gasteiger partial charge is 0.376 e. The topological polar surface area (TPSA) is 35.2 Å². The van der Waals surface area contributed by atoms with E-state index in [1.165, 1.54) is 18.4 Å². The van der Waals surface area contributed by atoms with Gasteiger partial charge in [0.05, 0.1) is 12.1 Å². The van der Waals surface area contributed by atoms with Crippen LogP contribution in [-0.4, -0.2) is 12.7 Å². The van der Waals surface area contributed by atoms with E-state index in [1.807, 2.05) is 25.1 Å². The third-order valence-corrected chi connectivity index (χ3v) is 2.98. The van der Waals surface area contributed by atoms with Crippen LogP contribution in [0.4, 0.5) is 0 Å². The molecule has 0 radical (unpaired) electrons. The molecule has 2 N–H and O–H groups in total. The number of hydrogen-bond donors (Lipinski definition) is 1. The van der Waals surface area contributed by atoms with Gasteiger partial charge in [0, 0.05) is 6.61 Å². The Morgan fingerprint density at radius 3 is 2.53 bits per heavy atom. The highest BCUT2D eigenvalue weighted by Crippen LogP contribution is 2.39. The van der Waals surface area contributed by atoms with Gasteiger partial charge in [0.1, 0.15) is 0 Å². The minimum absolute atomic E-state index is 0.0265. The Labute approximate surface area is 91.4 Å². The van der Waals surface area contributed by atoms with Gasteiger partial charge in [-0.3, -0.25) is 0 Å². The number of nitrogens with two attached hydrogens (primary N) is 1. The van der Waals surface area contributed by atoms with Gasteiger partial charge in [-0.15, -0.1) is 0 Å². The zero-order chi connectivity index (χ0) is 10.7. The van der Waals surface area contributed by atoms with Gasteiger partial charge < -0.3 is 10.5 Å². The quantitative estimate of drug-likeness (QED) is 0.801. The van der Waals surface area contributed by atoms with Crippen molar-refractivity contribution >= 4 is 0 Å². The summed E-state index contributed by atoms with van der Waals surface area (Å²) in [5, 5.41) is 0. The van der Waals surface area contributed by atoms with Crippen molar-refractivity contribution in [3.05, 3.63) is 35.9 Å². The third kappa shape index (κ3) is 2.58. The lowest BCUT2D eigenvalue weighted by molar-refractivity contribution is 0.0283. The molecule has 1 fully saturated rings. The molecular weight excluding hydrogens is 186 g/mol. The van der Waals surface area contributed by atoms with Crippen LogP contribution >= 0.6 is 0 Å². The number of hydrogen-bond acceptors (Lipinski definition) is 2. The summed E-state index contributed by atoms with van der Waals surface area (Å²) in [6, 6.07) is 10.3. The van der Waals surface area contributed by atoms with Crippen LogP contribution in [0.3, 0.4) is 0 Å². The van der Waals surface area contributed by atoms with Crippen LogP contribution in [-0.2, 0) is 4.74 Å². The molecule has 1 saturated carbocycles. The molecule has 0 aromatic heterocycles. The molecule has 0 saturated heterocycles. The zero-order valence-corrected chi connectivity index (χ0v) is 9.23. The van der Waals surface area contributed by atoms with Crippen LogP contribution in [0.5, 0.6) is 0 Å². The summed E-state index contributed by atoms with van der Waals surface area (Å²) in [6.45, 7) is 2.79. The number of rotatable bonds is 5. The van der Waals surface area contributed by atoms with Crippen molar-refractivity contribution in [2.24, 2.45) is 11.7 Å². The van der Waals surface area contributed by atoms with Crippen LogP contribution in [0.25, 0.3) is 0 Å². The van der Waals surface area contributed by atoms with Crippen molar-refractivity contribution in [1.82, 2.24) is 0 Å². The fourth-order valence-corrected chi connectivity index (χ4v) is 2.02. The second-order valence-corrected chi connectivity index (χ2v) is 4.19. The second-order valence-electron chi connectivity index (χ2n) is 4.19. The van der Waals surface area contributed by atoms with Crippen LogP contribution in [0, 0.1) is 5.92 Å². The first-order valence-corrected chi connectivity index (χ1v) is 5.75. The van der Waals surface area contributed by atoms with Crippen molar-refractivity contribution in [1.29, 1.82) is 0 Å².